The first kappa shape index (κ1) is 105. The lowest BCUT2D eigenvalue weighted by atomic mass is 9.79. The fraction of sp³-hybridized carbons (Fsp3) is 0.296. The standard InChI is InChI=1S/C59H57BF2N11O10P.C37H37BF2N11O9P.C2H4O2/c1-5-43-49(46(62)57(80-43)72-34-68-47-51(64-32-66-53(47)72)70-55(74)36-15-9-6-10-16-36)83-84(60,78-30-29-63-2)79-31-44-45(61)50(58(81-44)73-35-69-48-52(65-33-67-54(48)73)71-56(75)37-17-11-7-12-18-37)82-59(38-19-13-8-14-20-38,39-21-25-41(76-3)26-22-39)40-23-27-42(77-4)28-24-40;1-41-12-13-56-61(38,57-15-23-24(39)28(53)37(59-23)51-19-47-27-31(43-17-45-33(27)51)49-35(55)21-10-6-3-7-11-21)60-29-22(14-52)58-36(25(29)40)50-18-46-26-30(42-16-44-32(26)50)48-34(54)20-8-4-2-5-9-20;1-2(3)4/h6-28,32-35,43-46,49-50,57-58H,5,29-31H2,1,3-4,60H3,(H,64,66,70,74)(H,65,67,71,75);2-11,16-19,22-25,28-29,36-37,52-53H,12-15H2,38H3,(H,42,44,48,54)(H,43,45,49,55);1H3,(H,3,4)/t43-,44?,45?,46?,49+,50?,57-,58?,84?;22-,23?,24?,25?,28?,29+,36-,37?,61?;/m11./s1. The summed E-state index contributed by atoms with van der Waals surface area (Å²) in [4.78, 5) is 120. The van der Waals surface area contributed by atoms with Gasteiger partial charge in [0.1, 0.15) is 86.1 Å². The molecule has 8 aromatic heterocycles. The summed E-state index contributed by atoms with van der Waals surface area (Å²) in [6, 6.07) is 58.0. The Kier molecular flexibility index (Phi) is 33.4. The quantitative estimate of drug-likeness (QED) is 0.00475. The number of nitrogens with zero attached hydrogens (tertiary/aromatic N) is 18. The largest absolute Gasteiger partial charge is 0.497 e. The topological polar surface area (TPSA) is 497 Å². The molecule has 19 rings (SSSR count). The smallest absolute Gasteiger partial charge is 0.300 e. The first-order valence-corrected chi connectivity index (χ1v) is 47.8. The van der Waals surface area contributed by atoms with E-state index in [1.807, 2.05) is 61.5 Å². The molecule has 43 nitrogen and oxygen atoms in total. The highest BCUT2D eigenvalue weighted by atomic mass is 31.2. The van der Waals surface area contributed by atoms with Crippen LogP contribution in [0.15, 0.2) is 251 Å². The van der Waals surface area contributed by atoms with Crippen molar-refractivity contribution in [2.45, 2.75) is 124 Å². The Hall–Kier alpha value is -15.1. The number of hydrogen-bond acceptors (Lipinski definition) is 32. The number of carboxylic acids is 1. The number of aliphatic hydroxyl groups excluding tert-OH is 2. The van der Waals surface area contributed by atoms with Gasteiger partial charge < -0.3 is 79.4 Å². The van der Waals surface area contributed by atoms with Gasteiger partial charge in [0.25, 0.3) is 29.6 Å². The summed E-state index contributed by atoms with van der Waals surface area (Å²) in [5.41, 5.74) is 3.18. The second kappa shape index (κ2) is 47.4. The van der Waals surface area contributed by atoms with Crippen LogP contribution in [0, 0.1) is 13.1 Å². The summed E-state index contributed by atoms with van der Waals surface area (Å²) < 4.78 is 156. The number of aliphatic hydroxyl groups is 2. The van der Waals surface area contributed by atoms with Gasteiger partial charge in [-0.2, -0.15) is 0 Å². The number of aromatic nitrogens is 16. The number of nitrogens with one attached hydrogen (secondary N) is 4. The van der Waals surface area contributed by atoms with E-state index >= 15 is 17.6 Å². The molecule has 0 radical (unpaired) electrons. The normalized spacial score (nSPS) is 22.2. The Morgan fingerprint density at radius 3 is 1.07 bits per heavy atom. The number of rotatable bonds is 37. The van der Waals surface area contributed by atoms with E-state index in [9.17, 15) is 29.4 Å². The van der Waals surface area contributed by atoms with Crippen LogP contribution in [0.3, 0.4) is 0 Å². The van der Waals surface area contributed by atoms with Gasteiger partial charge in [0.15, 0.2) is 143 Å². The predicted octanol–water partition coefficient (Wildman–Crippen LogP) is 11.3. The van der Waals surface area contributed by atoms with Gasteiger partial charge in [0.2, 0.25) is 43.9 Å². The van der Waals surface area contributed by atoms with Crippen molar-refractivity contribution in [1.29, 1.82) is 0 Å². The van der Waals surface area contributed by atoms with Gasteiger partial charge in [-0.1, -0.05) is 134 Å². The number of anilines is 4. The number of carboxylic acid groups (broad SMARTS) is 1. The van der Waals surface area contributed by atoms with Crippen LogP contribution in [-0.4, -0.2) is 272 Å². The molecular formula is C98H98B2F4N22O21P2. The molecule has 7 N–H and O–H groups in total. The second-order valence-electron chi connectivity index (χ2n) is 32.8. The Balaban J connectivity index is 0.000000205. The second-order valence-corrected chi connectivity index (χ2v) is 35.1. The van der Waals surface area contributed by atoms with Gasteiger partial charge >= 0.3 is 0 Å². The molecule has 770 valence electrons. The summed E-state index contributed by atoms with van der Waals surface area (Å²) in [6.45, 7) is 15.7. The van der Waals surface area contributed by atoms with E-state index in [0.717, 1.165) is 6.92 Å². The van der Waals surface area contributed by atoms with Crippen molar-refractivity contribution in [3.05, 3.63) is 313 Å². The number of carbonyl (C=O) groups excluding carboxylic acids is 4. The molecule has 4 aliphatic rings. The maximum absolute atomic E-state index is 18.5. The number of halogens is 4. The van der Waals surface area contributed by atoms with Gasteiger partial charge in [-0.15, -0.1) is 0 Å². The van der Waals surface area contributed by atoms with Gasteiger partial charge in [-0.3, -0.25) is 42.2 Å². The molecule has 149 heavy (non-hydrogen) atoms. The molecule has 15 aromatic rings. The van der Waals surface area contributed by atoms with Crippen molar-refractivity contribution >= 4 is 128 Å². The van der Waals surface area contributed by atoms with Crippen molar-refractivity contribution in [2.24, 2.45) is 0 Å². The maximum Gasteiger partial charge on any atom is 0.300 e. The molecule has 12 unspecified atom stereocenters. The summed E-state index contributed by atoms with van der Waals surface area (Å²) in [6.07, 6.45) is -13.5. The fourth-order valence-corrected chi connectivity index (χ4v) is 18.9. The van der Waals surface area contributed by atoms with Crippen molar-refractivity contribution in [3.8, 4) is 11.5 Å². The number of amides is 4. The summed E-state index contributed by atoms with van der Waals surface area (Å²) >= 11 is 0. The number of benzene rings is 7. The van der Waals surface area contributed by atoms with Crippen LogP contribution in [0.1, 0.15) is 103 Å². The minimum Gasteiger partial charge on any atom is -0.497 e. The number of alkyl halides is 4. The van der Waals surface area contributed by atoms with Crippen LogP contribution in [0.5, 0.6) is 11.5 Å². The first-order chi connectivity index (χ1) is 72.3. The number of fused-ring (bicyclic) bond motifs is 4. The Morgan fingerprint density at radius 2 is 0.725 bits per heavy atom. The monoisotopic (exact) mass is 2080 g/mol. The fourth-order valence-electron chi connectivity index (χ4n) is 16.6. The number of aliphatic carboxylic acids is 1. The molecule has 51 heteroatoms. The third-order valence-electron chi connectivity index (χ3n) is 23.7. The Labute approximate surface area is 849 Å². The van der Waals surface area contributed by atoms with Gasteiger partial charge in [-0.05, 0) is 95.9 Å². The number of carbonyl (C=O) groups is 5. The van der Waals surface area contributed by atoms with Crippen LogP contribution in [-0.2, 0) is 61.2 Å². The highest BCUT2D eigenvalue weighted by Gasteiger charge is 2.58. The molecular weight excluding hydrogens is 1980 g/mol. The maximum atomic E-state index is 18.5. The van der Waals surface area contributed by atoms with Crippen molar-refractivity contribution < 1.29 is 117 Å². The van der Waals surface area contributed by atoms with E-state index in [1.165, 1.54) is 68.9 Å². The van der Waals surface area contributed by atoms with Crippen LogP contribution >= 0.6 is 15.6 Å². The zero-order valence-corrected chi connectivity index (χ0v) is 80.0. The van der Waals surface area contributed by atoms with Gasteiger partial charge in [-0.25, -0.2) is 118 Å². The lowest BCUT2D eigenvalue weighted by Gasteiger charge is -2.39. The highest BCUT2D eigenvalue weighted by Crippen LogP contribution is 2.63. The number of imidazole rings is 4. The molecule has 18 atom stereocenters. The number of hydrogen-bond donors (Lipinski definition) is 7. The van der Waals surface area contributed by atoms with Crippen molar-refractivity contribution in [2.75, 3.05) is 81.6 Å². The van der Waals surface area contributed by atoms with E-state index in [1.54, 1.807) is 160 Å². The minimum absolute atomic E-state index is 0.0597. The third-order valence-corrected chi connectivity index (χ3v) is 26.0. The van der Waals surface area contributed by atoms with Crippen LogP contribution in [0.4, 0.5) is 40.8 Å². The molecule has 7 aromatic carbocycles. The van der Waals surface area contributed by atoms with Crippen molar-refractivity contribution in [3.63, 3.8) is 0 Å². The minimum atomic E-state index is -3.51. The zero-order valence-electron chi connectivity index (χ0n) is 78.2. The van der Waals surface area contributed by atoms with E-state index < -0.39 is 184 Å². The van der Waals surface area contributed by atoms with E-state index in [0.29, 0.717) is 56.9 Å². The SMILES string of the molecule is CC(=O)O.[BH3-][P+](OCC[N+]#[C-])(OCC1OC(n2cnc3c(NC(=O)c4ccccc4)ncnc32)C(O)C1F)O[C@@H]1C(F)[C@H](n2cnc3c(NC(=O)c4ccccc4)ncnc32)O[C@@H]1CO.[BH3-][P+](OCC[N+]#[C-])(OCC1OC(n2cnc3c(NC(=O)c4ccccc4)ncnc32)C(OC(c2ccccc2)(c2ccc(OC)cc2)c2ccc(OC)cc2)C1F)O[C@@H]1C(F)[C@H](n2cnc3c(NC(=O)c4ccccc4)ncnc32)O[C@@H]1CC. The summed E-state index contributed by atoms with van der Waals surface area (Å²) in [7, 11) is -6.18. The van der Waals surface area contributed by atoms with Gasteiger partial charge in [0.05, 0.1) is 52.2 Å². The molecule has 4 aliphatic heterocycles. The van der Waals surface area contributed by atoms with E-state index in [2.05, 4.69) is 90.8 Å². The van der Waals surface area contributed by atoms with E-state index in [-0.39, 0.29) is 94.2 Å². The molecule has 0 aliphatic carbocycles. The highest BCUT2D eigenvalue weighted by molar-refractivity contribution is 7.86. The third kappa shape index (κ3) is 23.1. The first-order valence-electron chi connectivity index (χ1n) is 45.6. The molecule has 0 saturated carbocycles. The Morgan fingerprint density at radius 1 is 0.416 bits per heavy atom. The average Bonchev–Trinajstić information content (AvgIpc) is 1.14. The number of methoxy groups -OCH3 is 2. The van der Waals surface area contributed by atoms with Crippen LogP contribution in [0.25, 0.3) is 54.3 Å². The lowest BCUT2D eigenvalue weighted by molar-refractivity contribution is -0.134. The molecule has 0 bridgehead atoms. The zero-order chi connectivity index (χ0) is 105. The van der Waals surface area contributed by atoms with Crippen molar-refractivity contribution in [1.82, 2.24) is 78.1 Å². The summed E-state index contributed by atoms with van der Waals surface area (Å²) in [5, 5.41) is 39.8. The average molecular weight is 2080 g/mol. The van der Waals surface area contributed by atoms with E-state index in [4.69, 9.17) is 83.3 Å². The summed E-state index contributed by atoms with van der Waals surface area (Å²) in [5.74, 6) is -1.07. The number of ether oxygens (including phenoxy) is 7. The van der Waals surface area contributed by atoms with Crippen LogP contribution in [0.2, 0.25) is 0 Å². The molecule has 0 spiro atoms. The molecule has 4 fully saturated rings. The molecule has 4 amide bonds. The Bertz CT molecular complexity index is 7240. The predicted molar refractivity (Wildman–Crippen MR) is 538 cm³/mol. The molecule has 12 heterocycles. The molecule has 4 saturated heterocycles. The lowest BCUT2D eigenvalue weighted by Crippen LogP contribution is -2.43. The van der Waals surface area contributed by atoms with Crippen LogP contribution < -0.4 is 30.7 Å². The van der Waals surface area contributed by atoms with Gasteiger partial charge in [0, 0.05) is 29.2 Å².